The molecule has 1 amide bonds. The van der Waals surface area contributed by atoms with Gasteiger partial charge in [0.1, 0.15) is 5.69 Å². The van der Waals surface area contributed by atoms with Crippen LogP contribution in [0.5, 0.6) is 0 Å². The zero-order valence-corrected chi connectivity index (χ0v) is 36.2. The molecular weight excluding hydrogens is 798 g/mol. The molecule has 0 atom stereocenters. The number of carbonyl (C=O) groups is 1. The number of amides is 1. The Bertz CT molecular complexity index is 2070. The summed E-state index contributed by atoms with van der Waals surface area (Å²) in [5.74, 6) is 0.507. The second-order valence-electron chi connectivity index (χ2n) is 14.5. The Morgan fingerprint density at radius 2 is 1.51 bits per heavy atom. The van der Waals surface area contributed by atoms with Gasteiger partial charge in [-0.05, 0) is 129 Å². The predicted octanol–water partition coefficient (Wildman–Crippen LogP) is 9.57. The molecule has 10 nitrogen and oxygen atoms in total. The summed E-state index contributed by atoms with van der Waals surface area (Å²) < 4.78 is 2.82. The number of hydrogen-bond donors (Lipinski definition) is 3. The monoisotopic (exact) mass is 851 g/mol. The van der Waals surface area contributed by atoms with Crippen molar-refractivity contribution in [2.45, 2.75) is 42.1 Å². The van der Waals surface area contributed by atoms with Gasteiger partial charge < -0.3 is 20.4 Å². The number of likely N-dealkylation sites (tertiary alicyclic amines) is 1. The van der Waals surface area contributed by atoms with E-state index in [2.05, 4.69) is 80.4 Å². The molecule has 7 rings (SSSR count). The highest BCUT2D eigenvalue weighted by atomic mass is 35.5. The van der Waals surface area contributed by atoms with E-state index in [1.54, 1.807) is 23.9 Å². The van der Waals surface area contributed by atoms with Crippen molar-refractivity contribution < 1.29 is 9.72 Å². The summed E-state index contributed by atoms with van der Waals surface area (Å²) >= 11 is 8.86. The highest BCUT2D eigenvalue weighted by Gasteiger charge is 2.20. The van der Waals surface area contributed by atoms with Crippen LogP contribution in [0, 0.1) is 10.1 Å². The molecule has 5 aromatic rings. The molecule has 0 aliphatic carbocycles. The highest BCUT2D eigenvalue weighted by Crippen LogP contribution is 2.31. The summed E-state index contributed by atoms with van der Waals surface area (Å²) in [5, 5.41) is 19.0. The summed E-state index contributed by atoms with van der Waals surface area (Å²) in [6, 6.07) is 39.9. The van der Waals surface area contributed by atoms with Crippen molar-refractivity contribution in [2.24, 2.45) is 0 Å². The first kappa shape index (κ1) is 44.0. The maximum Gasteiger partial charge on any atom is 0.293 e. The Morgan fingerprint density at radius 1 is 0.814 bits per heavy atom. The number of anilines is 2. The number of carbonyl (C=O) groups excluding carboxylic acids is 1. The van der Waals surface area contributed by atoms with Crippen LogP contribution < -0.4 is 20.3 Å². The molecule has 0 radical (unpaired) electrons. The van der Waals surface area contributed by atoms with Gasteiger partial charge in [-0.2, -0.15) is 0 Å². The van der Waals surface area contributed by atoms with Crippen LogP contribution in [0.1, 0.15) is 35.7 Å². The van der Waals surface area contributed by atoms with Crippen molar-refractivity contribution in [1.82, 2.24) is 19.8 Å². The third-order valence-electron chi connectivity index (χ3n) is 10.7. The van der Waals surface area contributed by atoms with Crippen molar-refractivity contribution in [3.05, 3.63) is 148 Å². The minimum atomic E-state index is -0.405. The Balaban J connectivity index is 0.000000512. The van der Waals surface area contributed by atoms with E-state index in [4.69, 9.17) is 11.6 Å². The van der Waals surface area contributed by atoms with Gasteiger partial charge in [0.15, 0.2) is 0 Å². The fourth-order valence-electron chi connectivity index (χ4n) is 7.25. The van der Waals surface area contributed by atoms with Crippen LogP contribution in [-0.2, 0) is 6.54 Å². The van der Waals surface area contributed by atoms with E-state index in [-0.39, 0.29) is 11.6 Å². The highest BCUT2D eigenvalue weighted by molar-refractivity contribution is 7.99. The predicted molar refractivity (Wildman–Crippen MR) is 247 cm³/mol. The molecule has 2 fully saturated rings. The summed E-state index contributed by atoms with van der Waals surface area (Å²) in [7, 11) is 2.06. The molecule has 0 spiro atoms. The van der Waals surface area contributed by atoms with E-state index >= 15 is 0 Å². The molecule has 13 heteroatoms. The zero-order valence-electron chi connectivity index (χ0n) is 33.8. The van der Waals surface area contributed by atoms with Crippen molar-refractivity contribution in [3.63, 3.8) is 0 Å². The molecule has 3 N–H and O–H groups in total. The van der Waals surface area contributed by atoms with Crippen molar-refractivity contribution in [3.8, 4) is 11.1 Å². The van der Waals surface area contributed by atoms with E-state index in [9.17, 15) is 14.9 Å². The number of rotatable bonds is 15. The normalized spacial score (nSPS) is 14.9. The van der Waals surface area contributed by atoms with E-state index in [1.165, 1.54) is 49.7 Å². The first-order valence-corrected chi connectivity index (χ1v) is 22.5. The SMILES string of the molecule is CCN1CCC(NC)CC1.O=C(NSc1ccc(NCCSc2ccccc2)c([N+](=O)[O-])c1)c1ccc(N2CCN(Cc3ccccc3-c3ccc(Cl)cc3)CC2)cc1. The van der Waals surface area contributed by atoms with Crippen LogP contribution in [0.15, 0.2) is 131 Å². The summed E-state index contributed by atoms with van der Waals surface area (Å²) in [6.07, 6.45) is 2.65. The number of nitrogens with zero attached hydrogens (tertiary/aromatic N) is 4. The van der Waals surface area contributed by atoms with Crippen LogP contribution in [0.4, 0.5) is 17.1 Å². The van der Waals surface area contributed by atoms with Gasteiger partial charge in [0.25, 0.3) is 11.6 Å². The molecule has 0 aromatic heterocycles. The summed E-state index contributed by atoms with van der Waals surface area (Å²) in [6.45, 7) is 11.1. The fraction of sp³-hybridized carbons (Fsp3) is 0.326. The number of nitrogens with one attached hydrogen (secondary N) is 3. The molecule has 2 aliphatic heterocycles. The number of thioether (sulfide) groups is 1. The molecule has 2 aliphatic rings. The molecule has 59 heavy (non-hydrogen) atoms. The zero-order chi connectivity index (χ0) is 41.4. The average Bonchev–Trinajstić information content (AvgIpc) is 3.28. The van der Waals surface area contributed by atoms with Crippen LogP contribution in [-0.4, -0.2) is 91.8 Å². The smallest absolute Gasteiger partial charge is 0.293 e. The molecule has 5 aromatic carbocycles. The van der Waals surface area contributed by atoms with Gasteiger partial charge in [0, 0.05) is 83.2 Å². The van der Waals surface area contributed by atoms with Crippen LogP contribution in [0.3, 0.4) is 0 Å². The number of halogens is 1. The fourth-order valence-corrected chi connectivity index (χ4v) is 8.80. The molecule has 2 heterocycles. The van der Waals surface area contributed by atoms with E-state index < -0.39 is 4.92 Å². The number of benzene rings is 5. The average molecular weight is 853 g/mol. The quantitative estimate of drug-likeness (QED) is 0.0310. The molecule has 0 saturated carbocycles. The van der Waals surface area contributed by atoms with Gasteiger partial charge in [-0.25, -0.2) is 0 Å². The first-order valence-electron chi connectivity index (χ1n) is 20.3. The van der Waals surface area contributed by atoms with Crippen molar-refractivity contribution >= 4 is 58.3 Å². The minimum absolute atomic E-state index is 0.0285. The molecule has 2 saturated heterocycles. The standard InChI is InChI=1S/C38H36ClN5O3S2.C8H18N2/c39-31-14-10-28(11-15-31)35-9-5-4-6-30(35)27-42-21-23-43(24-22-42)32-16-12-29(13-17-32)38(45)41-49-34-18-19-36(37(26-34)44(46)47)40-20-25-48-33-7-2-1-3-8-33;1-3-10-6-4-8(9-2)5-7-10/h1-19,26,40H,20-25,27H2,(H,41,45);8-9H,3-7H2,1-2H3. The van der Waals surface area contributed by atoms with Crippen molar-refractivity contribution in [2.75, 3.05) is 75.4 Å². The third kappa shape index (κ3) is 13.2. The van der Waals surface area contributed by atoms with Gasteiger partial charge in [-0.1, -0.05) is 73.1 Å². The van der Waals surface area contributed by atoms with E-state index in [0.717, 1.165) is 77.6 Å². The van der Waals surface area contributed by atoms with E-state index in [0.29, 0.717) is 22.7 Å². The minimum Gasteiger partial charge on any atom is -0.379 e. The number of nitro groups is 1. The van der Waals surface area contributed by atoms with Gasteiger partial charge in [0.2, 0.25) is 0 Å². The van der Waals surface area contributed by atoms with Gasteiger partial charge in [-0.3, -0.25) is 24.5 Å². The number of hydrogen-bond acceptors (Lipinski definition) is 10. The lowest BCUT2D eigenvalue weighted by molar-refractivity contribution is -0.384. The Hall–Kier alpha value is -4.56. The van der Waals surface area contributed by atoms with Crippen molar-refractivity contribution in [1.29, 1.82) is 0 Å². The Morgan fingerprint density at radius 3 is 2.19 bits per heavy atom. The molecule has 310 valence electrons. The molecule has 0 unspecified atom stereocenters. The Kier molecular flexibility index (Phi) is 16.9. The third-order valence-corrected chi connectivity index (χ3v) is 12.8. The lowest BCUT2D eigenvalue weighted by Crippen LogP contribution is -2.46. The van der Waals surface area contributed by atoms with Gasteiger partial charge in [0.05, 0.1) is 4.92 Å². The lowest BCUT2D eigenvalue weighted by Gasteiger charge is -2.36. The Labute approximate surface area is 362 Å². The number of piperazine rings is 1. The second kappa shape index (κ2) is 22.7. The molecular formula is C46H54ClN7O3S2. The van der Waals surface area contributed by atoms with Crippen LogP contribution in [0.2, 0.25) is 5.02 Å². The van der Waals surface area contributed by atoms with Gasteiger partial charge >= 0.3 is 0 Å². The topological polar surface area (TPSA) is 106 Å². The van der Waals surface area contributed by atoms with Crippen LogP contribution in [0.25, 0.3) is 11.1 Å². The lowest BCUT2D eigenvalue weighted by atomic mass is 9.99. The summed E-state index contributed by atoms with van der Waals surface area (Å²) in [5.41, 5.74) is 5.71. The maximum atomic E-state index is 12.9. The molecule has 0 bridgehead atoms. The number of nitro benzene ring substituents is 1. The summed E-state index contributed by atoms with van der Waals surface area (Å²) in [4.78, 5) is 33.4. The largest absolute Gasteiger partial charge is 0.379 e. The van der Waals surface area contributed by atoms with Crippen LogP contribution >= 0.6 is 35.3 Å². The maximum absolute atomic E-state index is 12.9. The van der Waals surface area contributed by atoms with Gasteiger partial charge in [-0.15, -0.1) is 11.8 Å². The van der Waals surface area contributed by atoms with E-state index in [1.807, 2.05) is 66.7 Å². The second-order valence-corrected chi connectivity index (χ2v) is 17.0. The number of piperidine rings is 1. The first-order chi connectivity index (χ1) is 28.8.